The molecular formula is C41H43ClN4O11S. The van der Waals surface area contributed by atoms with Gasteiger partial charge >= 0.3 is 5.97 Å². The second kappa shape index (κ2) is 16.6. The Morgan fingerprint density at radius 2 is 1.64 bits per heavy atom. The lowest BCUT2D eigenvalue weighted by Gasteiger charge is -2.43. The molecule has 306 valence electrons. The van der Waals surface area contributed by atoms with Crippen molar-refractivity contribution in [2.45, 2.75) is 68.8 Å². The van der Waals surface area contributed by atoms with Crippen molar-refractivity contribution >= 4 is 47.1 Å². The Labute approximate surface area is 343 Å². The molecule has 3 heterocycles. The number of carbonyl (C=O) groups is 4. The number of carboxylic acid groups (broad SMARTS) is 1. The molecule has 0 spiro atoms. The first-order chi connectivity index (χ1) is 27.6. The quantitative estimate of drug-likeness (QED) is 0.181. The van der Waals surface area contributed by atoms with Gasteiger partial charge in [0.2, 0.25) is 23.0 Å². The maximum atomic E-state index is 13.0. The van der Waals surface area contributed by atoms with Crippen molar-refractivity contribution in [2.24, 2.45) is 0 Å². The van der Waals surface area contributed by atoms with Crippen LogP contribution in [0.2, 0.25) is 5.02 Å². The zero-order valence-electron chi connectivity index (χ0n) is 33.1. The number of hydrogen-bond donors (Lipinski definition) is 3. The number of nitrogens with zero attached hydrogens (tertiary/aromatic N) is 2. The van der Waals surface area contributed by atoms with Crippen molar-refractivity contribution in [3.05, 3.63) is 86.2 Å². The lowest BCUT2D eigenvalue weighted by atomic mass is 9.95. The molecule has 3 aromatic carbocycles. The summed E-state index contributed by atoms with van der Waals surface area (Å²) < 4.78 is 26.5. The Kier molecular flexibility index (Phi) is 12.0. The molecule has 1 aliphatic carbocycles. The van der Waals surface area contributed by atoms with Crippen molar-refractivity contribution in [3.63, 3.8) is 0 Å². The van der Waals surface area contributed by atoms with E-state index in [1.54, 1.807) is 72.4 Å². The van der Waals surface area contributed by atoms with Crippen molar-refractivity contribution in [2.75, 3.05) is 28.4 Å². The van der Waals surface area contributed by atoms with Gasteiger partial charge in [-0.3, -0.25) is 19.2 Å². The van der Waals surface area contributed by atoms with Crippen molar-refractivity contribution in [1.82, 2.24) is 20.7 Å². The minimum atomic E-state index is -1.06. The second-order valence-corrected chi connectivity index (χ2v) is 16.4. The average Bonchev–Trinajstić information content (AvgIpc) is 3.58. The summed E-state index contributed by atoms with van der Waals surface area (Å²) in [6, 6.07) is 11.7. The number of β-lactam (4-membered cyclic amide) rings is 1. The van der Waals surface area contributed by atoms with Crippen LogP contribution in [0.5, 0.6) is 23.0 Å². The van der Waals surface area contributed by atoms with Gasteiger partial charge in [0.25, 0.3) is 5.91 Å². The first kappa shape index (κ1) is 41.9. The lowest BCUT2D eigenvalue weighted by molar-refractivity contribution is -0.159. The van der Waals surface area contributed by atoms with Crippen LogP contribution in [0.1, 0.15) is 60.5 Å². The van der Waals surface area contributed by atoms with Crippen LogP contribution in [0.25, 0.3) is 22.4 Å². The molecule has 4 aromatic rings. The van der Waals surface area contributed by atoms with Gasteiger partial charge in [-0.1, -0.05) is 41.0 Å². The minimum Gasteiger partial charge on any atom is -0.493 e. The minimum absolute atomic E-state index is 0.167. The fourth-order valence-electron chi connectivity index (χ4n) is 7.70. The maximum Gasteiger partial charge on any atom is 0.327 e. The van der Waals surface area contributed by atoms with Crippen LogP contribution in [0.15, 0.2) is 57.8 Å². The average molecular weight is 835 g/mol. The van der Waals surface area contributed by atoms with Crippen molar-refractivity contribution in [3.8, 4) is 45.4 Å². The normalized spacial score (nSPS) is 19.7. The molecular weight excluding hydrogens is 792 g/mol. The fourth-order valence-corrected chi connectivity index (χ4v) is 9.55. The van der Waals surface area contributed by atoms with E-state index in [-0.39, 0.29) is 34.4 Å². The predicted octanol–water partition coefficient (Wildman–Crippen LogP) is 5.42. The largest absolute Gasteiger partial charge is 0.493 e. The Bertz CT molecular complexity index is 2370. The van der Waals surface area contributed by atoms with Gasteiger partial charge in [-0.25, -0.2) is 4.79 Å². The molecule has 17 heteroatoms. The van der Waals surface area contributed by atoms with Gasteiger partial charge in [-0.15, -0.1) is 11.8 Å². The Hall–Kier alpha value is -5.74. The number of carboxylic acids is 1. The third kappa shape index (κ3) is 7.53. The summed E-state index contributed by atoms with van der Waals surface area (Å²) in [7, 11) is 6.14. The van der Waals surface area contributed by atoms with Gasteiger partial charge in [0, 0.05) is 22.8 Å². The summed E-state index contributed by atoms with van der Waals surface area (Å²) in [5.74, 6) is -0.0905. The highest BCUT2D eigenvalue weighted by Crippen LogP contribution is 2.52. The number of halogens is 1. The molecule has 2 fully saturated rings. The van der Waals surface area contributed by atoms with Crippen molar-refractivity contribution in [1.29, 1.82) is 0 Å². The van der Waals surface area contributed by atoms with Crippen LogP contribution in [0.4, 0.5) is 0 Å². The van der Waals surface area contributed by atoms with Crippen molar-refractivity contribution < 1.29 is 47.8 Å². The number of methoxy groups -OCH3 is 4. The number of fused-ring (bicyclic) bond motifs is 4. The number of aliphatic carboxylic acids is 1. The summed E-state index contributed by atoms with van der Waals surface area (Å²) in [6.45, 7) is 6.62. The Morgan fingerprint density at radius 1 is 0.948 bits per heavy atom. The molecule has 0 bridgehead atoms. The number of nitrogens with one attached hydrogen (secondary N) is 2. The summed E-state index contributed by atoms with van der Waals surface area (Å²) >= 11 is 7.59. The lowest BCUT2D eigenvalue weighted by Crippen LogP contribution is -2.70. The highest BCUT2D eigenvalue weighted by atomic mass is 35.5. The van der Waals surface area contributed by atoms with E-state index in [0.717, 1.165) is 16.7 Å². The summed E-state index contributed by atoms with van der Waals surface area (Å²) in [5.41, 5.74) is 4.04. The van der Waals surface area contributed by atoms with E-state index in [2.05, 4.69) is 15.8 Å². The van der Waals surface area contributed by atoms with Gasteiger partial charge in [-0.05, 0) is 74.6 Å². The predicted molar refractivity (Wildman–Crippen MR) is 216 cm³/mol. The molecule has 3 aliphatic rings. The van der Waals surface area contributed by atoms with Crippen LogP contribution >= 0.6 is 23.4 Å². The molecule has 58 heavy (non-hydrogen) atoms. The van der Waals surface area contributed by atoms with E-state index in [1.165, 1.54) is 36.8 Å². The highest BCUT2D eigenvalue weighted by molar-refractivity contribution is 8.01. The topological polar surface area (TPSA) is 196 Å². The van der Waals surface area contributed by atoms with E-state index in [1.807, 2.05) is 12.1 Å². The molecule has 1 aromatic heterocycles. The fraction of sp³-hybridized carbons (Fsp3) is 0.366. The zero-order valence-corrected chi connectivity index (χ0v) is 34.6. The van der Waals surface area contributed by atoms with E-state index < -0.39 is 40.0 Å². The molecule has 2 saturated heterocycles. The van der Waals surface area contributed by atoms with Crippen LogP contribution in [-0.4, -0.2) is 89.5 Å². The SMILES string of the molecule is COc1cc2c(c(OC)c1OC)-c1ccc(OC)c(=O)cc1[C@@H](NC(C)=O)CC2.Cc1onc(-c2ccccc2Cl)c1C(=O)N[C@@H]1C(=O)N2[C@@H]1SC(C)(C)[C@@H]2C(=O)O. The van der Waals surface area contributed by atoms with Gasteiger partial charge in [0.05, 0.1) is 39.5 Å². The molecule has 3 N–H and O–H groups in total. The first-order valence-corrected chi connectivity index (χ1v) is 19.4. The third-order valence-corrected chi connectivity index (χ3v) is 12.2. The highest BCUT2D eigenvalue weighted by Gasteiger charge is 2.64. The molecule has 4 atom stereocenters. The van der Waals surface area contributed by atoms with E-state index >= 15 is 0 Å². The number of thioether (sulfide) groups is 1. The van der Waals surface area contributed by atoms with Crippen LogP contribution < -0.4 is 35.0 Å². The molecule has 0 radical (unpaired) electrons. The number of ether oxygens (including phenoxy) is 4. The maximum absolute atomic E-state index is 13.0. The van der Waals surface area contributed by atoms with Crippen LogP contribution in [0, 0.1) is 6.92 Å². The molecule has 15 nitrogen and oxygen atoms in total. The molecule has 2 aliphatic heterocycles. The number of hydrogen-bond acceptors (Lipinski definition) is 12. The summed E-state index contributed by atoms with van der Waals surface area (Å²) in [6.07, 6.45) is 1.27. The Morgan fingerprint density at radius 3 is 2.26 bits per heavy atom. The summed E-state index contributed by atoms with van der Waals surface area (Å²) in [4.78, 5) is 63.0. The third-order valence-electron chi connectivity index (χ3n) is 10.3. The number of carbonyl (C=O) groups excluding carboxylic acids is 3. The number of benzene rings is 2. The number of aryl methyl sites for hydroxylation is 2. The number of amides is 3. The number of aromatic nitrogens is 1. The zero-order chi connectivity index (χ0) is 42.2. The second-order valence-electron chi connectivity index (χ2n) is 14.2. The number of rotatable bonds is 9. The standard InChI is InChI=1S/C22H25NO6.C19H18ClN3O5S/c1-12(24)23-16-8-6-13-10-19(27-3)21(28-4)22(29-5)20(13)14-7-9-18(26-2)17(25)11-15(14)16;1-8-11(12(22-28-8)9-6-4-5-7-10(9)20)15(24)21-13-16(25)23-14(18(26)27)19(2,3)29-17(13)23/h7,9-11,16H,6,8H2,1-5H3,(H,23,24);4-7,13-14,17H,1-3H3,(H,21,24)(H,26,27)/t16-;13-,14+,17-/m01/s1. The van der Waals surface area contributed by atoms with E-state index in [9.17, 15) is 29.1 Å². The van der Waals surface area contributed by atoms with Gasteiger partial charge < -0.3 is 44.1 Å². The smallest absolute Gasteiger partial charge is 0.327 e. The van der Waals surface area contributed by atoms with E-state index in [0.29, 0.717) is 52.0 Å². The first-order valence-electron chi connectivity index (χ1n) is 18.1. The molecule has 7 rings (SSSR count). The Balaban J connectivity index is 0.000000196. The van der Waals surface area contributed by atoms with Gasteiger partial charge in [-0.2, -0.15) is 0 Å². The monoisotopic (exact) mass is 834 g/mol. The van der Waals surface area contributed by atoms with E-state index in [4.69, 9.17) is 35.1 Å². The van der Waals surface area contributed by atoms with Gasteiger partial charge in [0.15, 0.2) is 17.2 Å². The molecule has 0 saturated carbocycles. The molecule has 0 unspecified atom stereocenters. The van der Waals surface area contributed by atoms with Gasteiger partial charge in [0.1, 0.15) is 34.5 Å². The van der Waals surface area contributed by atoms with Crippen LogP contribution in [-0.2, 0) is 20.8 Å². The van der Waals surface area contributed by atoms with Crippen LogP contribution in [0.3, 0.4) is 0 Å². The molecule has 3 amide bonds. The summed E-state index contributed by atoms with van der Waals surface area (Å²) in [5, 5.41) is 19.1.